The highest BCUT2D eigenvalue weighted by atomic mass is 32.2. The van der Waals surface area contributed by atoms with E-state index in [2.05, 4.69) is 10.4 Å². The number of hydrogen-bond donors (Lipinski definition) is 2. The molecule has 3 N–H and O–H groups in total. The SMILES string of the molecule is CN(C(=O)c1cnccc1NN)C1CCSC1. The van der Waals surface area contributed by atoms with Gasteiger partial charge in [-0.15, -0.1) is 0 Å². The van der Waals surface area contributed by atoms with E-state index in [1.165, 1.54) is 0 Å². The van der Waals surface area contributed by atoms with E-state index in [1.54, 1.807) is 23.4 Å². The number of nitrogen functional groups attached to an aromatic ring is 1. The minimum absolute atomic E-state index is 0.0291. The third kappa shape index (κ3) is 2.53. The summed E-state index contributed by atoms with van der Waals surface area (Å²) in [5.74, 6) is 7.49. The summed E-state index contributed by atoms with van der Waals surface area (Å²) in [6.45, 7) is 0. The lowest BCUT2D eigenvalue weighted by Gasteiger charge is -2.24. The quantitative estimate of drug-likeness (QED) is 0.619. The van der Waals surface area contributed by atoms with Crippen molar-refractivity contribution in [1.29, 1.82) is 0 Å². The Balaban J connectivity index is 2.18. The highest BCUT2D eigenvalue weighted by molar-refractivity contribution is 7.99. The second kappa shape index (κ2) is 5.37. The lowest BCUT2D eigenvalue weighted by molar-refractivity contribution is 0.0748. The number of carbonyl (C=O) groups is 1. The highest BCUT2D eigenvalue weighted by Gasteiger charge is 2.25. The fourth-order valence-electron chi connectivity index (χ4n) is 1.87. The molecule has 1 amide bonds. The Bertz CT molecular complexity index is 406. The minimum atomic E-state index is -0.0291. The van der Waals surface area contributed by atoms with Crippen LogP contribution in [0.2, 0.25) is 0 Å². The summed E-state index contributed by atoms with van der Waals surface area (Å²) in [5, 5.41) is 0. The lowest BCUT2D eigenvalue weighted by atomic mass is 10.1. The number of hydrogen-bond acceptors (Lipinski definition) is 5. The zero-order chi connectivity index (χ0) is 12.3. The monoisotopic (exact) mass is 252 g/mol. The third-order valence-corrected chi connectivity index (χ3v) is 4.13. The maximum Gasteiger partial charge on any atom is 0.257 e. The molecule has 1 fully saturated rings. The molecule has 0 aromatic carbocycles. The van der Waals surface area contributed by atoms with Gasteiger partial charge in [0.05, 0.1) is 11.3 Å². The van der Waals surface area contributed by atoms with Crippen LogP contribution in [-0.4, -0.2) is 40.4 Å². The van der Waals surface area contributed by atoms with Gasteiger partial charge in [0.2, 0.25) is 0 Å². The van der Waals surface area contributed by atoms with Gasteiger partial charge >= 0.3 is 0 Å². The Labute approximate surface area is 105 Å². The number of nitrogens with two attached hydrogens (primary N) is 1. The van der Waals surface area contributed by atoms with Crippen LogP contribution in [0, 0.1) is 0 Å². The number of nitrogens with one attached hydrogen (secondary N) is 1. The molecular weight excluding hydrogens is 236 g/mol. The molecule has 0 aliphatic carbocycles. The van der Waals surface area contributed by atoms with Gasteiger partial charge in [-0.25, -0.2) is 0 Å². The molecule has 17 heavy (non-hydrogen) atoms. The molecule has 1 aliphatic heterocycles. The van der Waals surface area contributed by atoms with Crippen LogP contribution in [0.1, 0.15) is 16.8 Å². The summed E-state index contributed by atoms with van der Waals surface area (Å²) in [4.78, 5) is 18.1. The Morgan fingerprint density at radius 3 is 3.18 bits per heavy atom. The van der Waals surface area contributed by atoms with E-state index in [1.807, 2.05) is 18.8 Å². The molecule has 2 heterocycles. The molecule has 1 aromatic heterocycles. The van der Waals surface area contributed by atoms with Gasteiger partial charge < -0.3 is 10.3 Å². The van der Waals surface area contributed by atoms with Crippen LogP contribution in [0.4, 0.5) is 5.69 Å². The number of rotatable bonds is 3. The molecule has 1 saturated heterocycles. The molecule has 1 aromatic rings. The molecule has 6 heteroatoms. The molecule has 1 unspecified atom stereocenters. The largest absolute Gasteiger partial charge is 0.338 e. The molecule has 1 aliphatic rings. The smallest absolute Gasteiger partial charge is 0.257 e. The summed E-state index contributed by atoms with van der Waals surface area (Å²) in [6.07, 6.45) is 4.21. The maximum atomic E-state index is 12.3. The summed E-state index contributed by atoms with van der Waals surface area (Å²) in [5.41, 5.74) is 3.67. The van der Waals surface area contributed by atoms with Crippen LogP contribution >= 0.6 is 11.8 Å². The van der Waals surface area contributed by atoms with E-state index in [9.17, 15) is 4.79 Å². The molecule has 0 spiro atoms. The Kier molecular flexibility index (Phi) is 3.86. The van der Waals surface area contributed by atoms with Gasteiger partial charge in [-0.3, -0.25) is 15.6 Å². The second-order valence-electron chi connectivity index (χ2n) is 4.00. The van der Waals surface area contributed by atoms with Crippen molar-refractivity contribution in [2.24, 2.45) is 5.84 Å². The van der Waals surface area contributed by atoms with Crippen LogP contribution in [0.3, 0.4) is 0 Å². The van der Waals surface area contributed by atoms with Crippen molar-refractivity contribution in [3.8, 4) is 0 Å². The van der Waals surface area contributed by atoms with E-state index >= 15 is 0 Å². The molecule has 0 bridgehead atoms. The highest BCUT2D eigenvalue weighted by Crippen LogP contribution is 2.23. The summed E-state index contributed by atoms with van der Waals surface area (Å²) in [6, 6.07) is 2.02. The van der Waals surface area contributed by atoms with Crippen molar-refractivity contribution < 1.29 is 4.79 Å². The van der Waals surface area contributed by atoms with Crippen LogP contribution in [0.5, 0.6) is 0 Å². The number of carbonyl (C=O) groups excluding carboxylic acids is 1. The summed E-state index contributed by atoms with van der Waals surface area (Å²) >= 11 is 1.88. The predicted molar refractivity (Wildman–Crippen MR) is 69.9 cm³/mol. The predicted octanol–water partition coefficient (Wildman–Crippen LogP) is 0.945. The maximum absolute atomic E-state index is 12.3. The number of aromatic nitrogens is 1. The fraction of sp³-hybridized carbons (Fsp3) is 0.455. The molecule has 92 valence electrons. The van der Waals surface area contributed by atoms with Gasteiger partial charge in [0.25, 0.3) is 5.91 Å². The van der Waals surface area contributed by atoms with Gasteiger partial charge in [-0.1, -0.05) is 0 Å². The topological polar surface area (TPSA) is 71.2 Å². The van der Waals surface area contributed by atoms with Gasteiger partial charge in [0, 0.05) is 31.2 Å². The standard InChI is InChI=1S/C11H16N4OS/c1-15(8-3-5-17-7-8)11(16)9-6-13-4-2-10(9)14-12/h2,4,6,8H,3,5,7,12H2,1H3,(H,13,14). The minimum Gasteiger partial charge on any atom is -0.338 e. The number of thioether (sulfide) groups is 1. The van der Waals surface area contributed by atoms with Crippen molar-refractivity contribution >= 4 is 23.4 Å². The Morgan fingerprint density at radius 1 is 1.71 bits per heavy atom. The first kappa shape index (κ1) is 12.2. The molecule has 2 rings (SSSR count). The van der Waals surface area contributed by atoms with Gasteiger partial charge in [-0.05, 0) is 18.2 Å². The van der Waals surface area contributed by atoms with E-state index in [0.29, 0.717) is 17.3 Å². The lowest BCUT2D eigenvalue weighted by Crippen LogP contribution is -2.37. The number of amides is 1. The zero-order valence-electron chi connectivity index (χ0n) is 9.72. The fourth-order valence-corrected chi connectivity index (χ4v) is 3.14. The van der Waals surface area contributed by atoms with Crippen molar-refractivity contribution in [1.82, 2.24) is 9.88 Å². The second-order valence-corrected chi connectivity index (χ2v) is 5.15. The van der Waals surface area contributed by atoms with E-state index < -0.39 is 0 Å². The number of nitrogens with zero attached hydrogens (tertiary/aromatic N) is 2. The Hall–Kier alpha value is -1.27. The number of hydrazine groups is 1. The van der Waals surface area contributed by atoms with Crippen molar-refractivity contribution in [3.63, 3.8) is 0 Å². The number of anilines is 1. The van der Waals surface area contributed by atoms with Crippen molar-refractivity contribution in [3.05, 3.63) is 24.0 Å². The molecule has 5 nitrogen and oxygen atoms in total. The molecular formula is C11H16N4OS. The van der Waals surface area contributed by atoms with E-state index in [4.69, 9.17) is 5.84 Å². The molecule has 0 saturated carbocycles. The van der Waals surface area contributed by atoms with Crippen LogP contribution < -0.4 is 11.3 Å². The molecule has 0 radical (unpaired) electrons. The van der Waals surface area contributed by atoms with Gasteiger partial charge in [0.1, 0.15) is 0 Å². The van der Waals surface area contributed by atoms with E-state index in [-0.39, 0.29) is 5.91 Å². The summed E-state index contributed by atoms with van der Waals surface area (Å²) < 4.78 is 0. The first-order valence-electron chi connectivity index (χ1n) is 5.49. The van der Waals surface area contributed by atoms with Crippen molar-refractivity contribution in [2.75, 3.05) is 24.0 Å². The van der Waals surface area contributed by atoms with Crippen LogP contribution in [-0.2, 0) is 0 Å². The normalized spacial score (nSPS) is 19.1. The third-order valence-electron chi connectivity index (χ3n) is 2.98. The average molecular weight is 252 g/mol. The van der Waals surface area contributed by atoms with E-state index in [0.717, 1.165) is 17.9 Å². The summed E-state index contributed by atoms with van der Waals surface area (Å²) in [7, 11) is 1.84. The van der Waals surface area contributed by atoms with Crippen molar-refractivity contribution in [2.45, 2.75) is 12.5 Å². The number of pyridine rings is 1. The van der Waals surface area contributed by atoms with Crippen LogP contribution in [0.15, 0.2) is 18.5 Å². The van der Waals surface area contributed by atoms with Gasteiger partial charge in [0.15, 0.2) is 0 Å². The zero-order valence-corrected chi connectivity index (χ0v) is 10.5. The average Bonchev–Trinajstić information content (AvgIpc) is 2.90. The Morgan fingerprint density at radius 2 is 2.53 bits per heavy atom. The first-order valence-corrected chi connectivity index (χ1v) is 6.65. The first-order chi connectivity index (χ1) is 8.24. The van der Waals surface area contributed by atoms with Crippen LogP contribution in [0.25, 0.3) is 0 Å². The molecule has 1 atom stereocenters. The van der Waals surface area contributed by atoms with Gasteiger partial charge in [-0.2, -0.15) is 11.8 Å².